The Bertz CT molecular complexity index is 773. The van der Waals surface area contributed by atoms with Crippen LogP contribution in [-0.4, -0.2) is 74.6 Å². The molecule has 2 saturated heterocycles. The first kappa shape index (κ1) is 18.0. The Morgan fingerprint density at radius 3 is 2.67 bits per heavy atom. The van der Waals surface area contributed by atoms with Gasteiger partial charge in [0.1, 0.15) is 5.56 Å². The third kappa shape index (κ3) is 3.69. The molecule has 2 aromatic rings. The van der Waals surface area contributed by atoms with Crippen molar-refractivity contribution in [3.63, 3.8) is 0 Å². The predicted octanol–water partition coefficient (Wildman–Crippen LogP) is 0.978. The van der Waals surface area contributed by atoms with Crippen LogP contribution in [0.25, 0.3) is 11.3 Å². The molecule has 8 nitrogen and oxygen atoms in total. The Hall–Kier alpha value is -2.42. The van der Waals surface area contributed by atoms with Crippen molar-refractivity contribution < 1.29 is 18.8 Å². The van der Waals surface area contributed by atoms with Crippen molar-refractivity contribution in [1.82, 2.24) is 10.1 Å². The van der Waals surface area contributed by atoms with E-state index in [0.717, 1.165) is 5.56 Å². The molecule has 1 aromatic heterocycles. The van der Waals surface area contributed by atoms with Crippen LogP contribution in [0.5, 0.6) is 0 Å². The quantitative estimate of drug-likeness (QED) is 0.855. The normalized spacial score (nSPS) is 20.7. The van der Waals surface area contributed by atoms with Crippen LogP contribution >= 0.6 is 0 Å². The molecule has 1 amide bonds. The van der Waals surface area contributed by atoms with Gasteiger partial charge < -0.3 is 29.5 Å². The Kier molecular flexibility index (Phi) is 5.38. The van der Waals surface area contributed by atoms with E-state index >= 15 is 0 Å². The molecule has 0 bridgehead atoms. The number of carbonyl (C=O) groups is 1. The second kappa shape index (κ2) is 8.08. The SMILES string of the molecule is NCC1CN(C(=O)c2c(N3CCOCC3)noc2-c2ccccc2)CCO1. The van der Waals surface area contributed by atoms with Gasteiger partial charge in [0.25, 0.3) is 5.91 Å². The van der Waals surface area contributed by atoms with Crippen molar-refractivity contribution >= 4 is 11.7 Å². The lowest BCUT2D eigenvalue weighted by atomic mass is 10.1. The number of aromatic nitrogens is 1. The van der Waals surface area contributed by atoms with E-state index in [0.29, 0.717) is 69.7 Å². The maximum Gasteiger partial charge on any atom is 0.261 e. The van der Waals surface area contributed by atoms with Gasteiger partial charge in [-0.25, -0.2) is 0 Å². The van der Waals surface area contributed by atoms with Crippen molar-refractivity contribution in [2.45, 2.75) is 6.10 Å². The van der Waals surface area contributed by atoms with Gasteiger partial charge in [-0.15, -0.1) is 0 Å². The van der Waals surface area contributed by atoms with Crippen molar-refractivity contribution in [2.24, 2.45) is 5.73 Å². The summed E-state index contributed by atoms with van der Waals surface area (Å²) in [6.07, 6.45) is -0.144. The number of rotatable bonds is 4. The van der Waals surface area contributed by atoms with Crippen LogP contribution in [0.1, 0.15) is 10.4 Å². The van der Waals surface area contributed by atoms with Crippen LogP contribution in [0.2, 0.25) is 0 Å². The third-order valence-electron chi connectivity index (χ3n) is 4.92. The van der Waals surface area contributed by atoms with Crippen molar-refractivity contribution in [3.8, 4) is 11.3 Å². The molecule has 1 atom stereocenters. The summed E-state index contributed by atoms with van der Waals surface area (Å²) in [7, 11) is 0. The number of hydrogen-bond donors (Lipinski definition) is 1. The number of nitrogens with zero attached hydrogens (tertiary/aromatic N) is 3. The average Bonchev–Trinajstić information content (AvgIpc) is 3.19. The fraction of sp³-hybridized carbons (Fsp3) is 0.474. The van der Waals surface area contributed by atoms with E-state index in [9.17, 15) is 4.79 Å². The molecule has 8 heteroatoms. The maximum absolute atomic E-state index is 13.5. The van der Waals surface area contributed by atoms with Crippen molar-refractivity contribution in [1.29, 1.82) is 0 Å². The lowest BCUT2D eigenvalue weighted by Crippen LogP contribution is -2.48. The Morgan fingerprint density at radius 1 is 1.15 bits per heavy atom. The zero-order valence-electron chi connectivity index (χ0n) is 15.2. The molecule has 0 aliphatic carbocycles. The second-order valence-electron chi connectivity index (χ2n) is 6.66. The van der Waals surface area contributed by atoms with Gasteiger partial charge in [0.15, 0.2) is 11.6 Å². The molecular weight excluding hydrogens is 348 g/mol. The number of nitrogens with two attached hydrogens (primary N) is 1. The molecular formula is C19H24N4O4. The molecule has 2 N–H and O–H groups in total. The summed E-state index contributed by atoms with van der Waals surface area (Å²) in [6.45, 7) is 4.42. The van der Waals surface area contributed by atoms with Crippen molar-refractivity contribution in [3.05, 3.63) is 35.9 Å². The number of morpholine rings is 2. The number of hydrogen-bond acceptors (Lipinski definition) is 7. The third-order valence-corrected chi connectivity index (χ3v) is 4.92. The average molecular weight is 372 g/mol. The zero-order chi connectivity index (χ0) is 18.6. The predicted molar refractivity (Wildman–Crippen MR) is 99.7 cm³/mol. The van der Waals surface area contributed by atoms with E-state index in [2.05, 4.69) is 5.16 Å². The Morgan fingerprint density at radius 2 is 1.93 bits per heavy atom. The standard InChI is InChI=1S/C19H24N4O4/c20-12-15-13-23(8-11-26-15)19(24)16-17(14-4-2-1-3-5-14)27-21-18(16)22-6-9-25-10-7-22/h1-5,15H,6-13,20H2. The highest BCUT2D eigenvalue weighted by Gasteiger charge is 2.33. The highest BCUT2D eigenvalue weighted by atomic mass is 16.5. The van der Waals surface area contributed by atoms with Gasteiger partial charge in [0.2, 0.25) is 0 Å². The molecule has 2 aliphatic heterocycles. The zero-order valence-corrected chi connectivity index (χ0v) is 15.2. The number of benzene rings is 1. The molecule has 144 valence electrons. The van der Waals surface area contributed by atoms with Gasteiger partial charge in [-0.3, -0.25) is 4.79 Å². The van der Waals surface area contributed by atoms with Gasteiger partial charge >= 0.3 is 0 Å². The van der Waals surface area contributed by atoms with E-state index in [1.807, 2.05) is 35.2 Å². The van der Waals surface area contributed by atoms with Gasteiger partial charge in [0, 0.05) is 38.3 Å². The highest BCUT2D eigenvalue weighted by Crippen LogP contribution is 2.33. The molecule has 0 spiro atoms. The summed E-state index contributed by atoms with van der Waals surface area (Å²) >= 11 is 0. The lowest BCUT2D eigenvalue weighted by Gasteiger charge is -2.33. The van der Waals surface area contributed by atoms with E-state index in [1.54, 1.807) is 4.90 Å². The fourth-order valence-electron chi connectivity index (χ4n) is 3.46. The van der Waals surface area contributed by atoms with Crippen LogP contribution < -0.4 is 10.6 Å². The molecule has 3 heterocycles. The largest absolute Gasteiger partial charge is 0.378 e. The maximum atomic E-state index is 13.5. The molecule has 0 saturated carbocycles. The first-order valence-corrected chi connectivity index (χ1v) is 9.26. The minimum absolute atomic E-state index is 0.0988. The summed E-state index contributed by atoms with van der Waals surface area (Å²) in [5, 5.41) is 4.26. The van der Waals surface area contributed by atoms with Gasteiger partial charge in [-0.05, 0) is 0 Å². The molecule has 2 aliphatic rings. The van der Waals surface area contributed by atoms with Crippen molar-refractivity contribution in [2.75, 3.05) is 57.4 Å². The smallest absolute Gasteiger partial charge is 0.261 e. The van der Waals surface area contributed by atoms with Crippen LogP contribution in [0.15, 0.2) is 34.9 Å². The minimum Gasteiger partial charge on any atom is -0.378 e. The monoisotopic (exact) mass is 372 g/mol. The van der Waals surface area contributed by atoms with Crippen LogP contribution in [-0.2, 0) is 9.47 Å². The number of anilines is 1. The second-order valence-corrected chi connectivity index (χ2v) is 6.66. The fourth-order valence-corrected chi connectivity index (χ4v) is 3.46. The van der Waals surface area contributed by atoms with E-state index in [1.165, 1.54) is 0 Å². The highest BCUT2D eigenvalue weighted by molar-refractivity contribution is 6.04. The molecule has 1 aromatic carbocycles. The number of amides is 1. The number of carbonyl (C=O) groups excluding carboxylic acids is 1. The first-order valence-electron chi connectivity index (χ1n) is 9.26. The molecule has 4 rings (SSSR count). The van der Waals surface area contributed by atoms with E-state index in [-0.39, 0.29) is 12.0 Å². The van der Waals surface area contributed by atoms with Crippen LogP contribution in [0.4, 0.5) is 5.82 Å². The van der Waals surface area contributed by atoms with Crippen LogP contribution in [0, 0.1) is 0 Å². The van der Waals surface area contributed by atoms with Gasteiger partial charge in [-0.1, -0.05) is 35.5 Å². The van der Waals surface area contributed by atoms with E-state index in [4.69, 9.17) is 19.7 Å². The summed E-state index contributed by atoms with van der Waals surface area (Å²) in [5.41, 5.74) is 7.07. The first-order chi connectivity index (χ1) is 13.3. The minimum atomic E-state index is -0.144. The lowest BCUT2D eigenvalue weighted by molar-refractivity contribution is -0.0167. The summed E-state index contributed by atoms with van der Waals surface area (Å²) in [5.74, 6) is 0.981. The van der Waals surface area contributed by atoms with Crippen LogP contribution in [0.3, 0.4) is 0 Å². The summed E-state index contributed by atoms with van der Waals surface area (Å²) in [4.78, 5) is 17.3. The Labute approximate surface area is 157 Å². The summed E-state index contributed by atoms with van der Waals surface area (Å²) < 4.78 is 16.7. The molecule has 27 heavy (non-hydrogen) atoms. The molecule has 2 fully saturated rings. The van der Waals surface area contributed by atoms with E-state index < -0.39 is 0 Å². The molecule has 1 unspecified atom stereocenters. The topological polar surface area (TPSA) is 94.1 Å². The number of ether oxygens (including phenoxy) is 2. The Balaban J connectivity index is 1.71. The molecule has 0 radical (unpaired) electrons. The summed E-state index contributed by atoms with van der Waals surface area (Å²) in [6, 6.07) is 9.60. The van der Waals surface area contributed by atoms with Gasteiger partial charge in [-0.2, -0.15) is 0 Å². The van der Waals surface area contributed by atoms with Gasteiger partial charge in [0.05, 0.1) is 25.9 Å².